The highest BCUT2D eigenvalue weighted by atomic mass is 35.5. The Morgan fingerprint density at radius 2 is 2.08 bits per heavy atom. The van der Waals surface area contributed by atoms with Crippen LogP contribution in [-0.2, 0) is 6.54 Å². The predicted octanol–water partition coefficient (Wildman–Crippen LogP) is 3.76. The van der Waals surface area contributed by atoms with Crippen molar-refractivity contribution in [3.63, 3.8) is 0 Å². The fourth-order valence-electron chi connectivity index (χ4n) is 1.47. The van der Waals surface area contributed by atoms with Gasteiger partial charge in [-0.15, -0.1) is 11.3 Å². The van der Waals surface area contributed by atoms with Gasteiger partial charge in [0, 0.05) is 16.3 Å². The second kappa shape index (κ2) is 4.99. The summed E-state index contributed by atoms with van der Waals surface area (Å²) in [5.41, 5.74) is 5.57. The summed E-state index contributed by atoms with van der Waals surface area (Å²) in [7, 11) is 0. The summed E-state index contributed by atoms with van der Waals surface area (Å²) in [6.45, 7) is 5.00. The Morgan fingerprint density at radius 1 is 1.46 bits per heavy atom. The molecule has 0 radical (unpaired) electrons. The van der Waals surface area contributed by atoms with Gasteiger partial charge in [-0.3, -0.25) is 0 Å². The van der Waals surface area contributed by atoms with Crippen molar-refractivity contribution in [2.45, 2.75) is 39.2 Å². The average molecular weight is 218 g/mol. The van der Waals surface area contributed by atoms with Crippen molar-refractivity contribution in [1.82, 2.24) is 0 Å². The van der Waals surface area contributed by atoms with Gasteiger partial charge in [-0.05, 0) is 24.8 Å². The lowest BCUT2D eigenvalue weighted by molar-refractivity contribution is 0.653. The van der Waals surface area contributed by atoms with E-state index < -0.39 is 0 Å². The van der Waals surface area contributed by atoms with Crippen LogP contribution >= 0.6 is 22.9 Å². The Morgan fingerprint density at radius 3 is 2.46 bits per heavy atom. The van der Waals surface area contributed by atoms with Crippen LogP contribution in [0.15, 0.2) is 6.07 Å². The van der Waals surface area contributed by atoms with Gasteiger partial charge in [-0.25, -0.2) is 0 Å². The quantitative estimate of drug-likeness (QED) is 0.817. The Labute approximate surface area is 88.9 Å². The highest BCUT2D eigenvalue weighted by Gasteiger charge is 2.14. The number of thiophene rings is 1. The molecule has 0 spiro atoms. The van der Waals surface area contributed by atoms with Crippen molar-refractivity contribution in [3.05, 3.63) is 20.8 Å². The lowest BCUT2D eigenvalue weighted by Crippen LogP contribution is -1.92. The van der Waals surface area contributed by atoms with Gasteiger partial charge in [0.2, 0.25) is 0 Å². The number of hydrogen-bond donors (Lipinski definition) is 1. The van der Waals surface area contributed by atoms with Crippen LogP contribution < -0.4 is 5.73 Å². The normalized spacial score (nSPS) is 11.2. The Hall–Kier alpha value is -0.0500. The van der Waals surface area contributed by atoms with E-state index in [0.29, 0.717) is 12.5 Å². The van der Waals surface area contributed by atoms with E-state index in [9.17, 15) is 0 Å². The van der Waals surface area contributed by atoms with Crippen LogP contribution in [0.25, 0.3) is 0 Å². The SMILES string of the molecule is CCC(CC)c1sc(CN)cc1Cl. The number of halogens is 1. The lowest BCUT2D eigenvalue weighted by atomic mass is 10.0. The van der Waals surface area contributed by atoms with Gasteiger partial charge >= 0.3 is 0 Å². The molecule has 1 aromatic rings. The van der Waals surface area contributed by atoms with Crippen LogP contribution in [0.5, 0.6) is 0 Å². The van der Waals surface area contributed by atoms with Crippen LogP contribution in [-0.4, -0.2) is 0 Å². The maximum Gasteiger partial charge on any atom is 0.0551 e. The molecule has 3 heteroatoms. The molecule has 0 fully saturated rings. The van der Waals surface area contributed by atoms with E-state index in [-0.39, 0.29) is 0 Å². The molecule has 0 aliphatic rings. The van der Waals surface area contributed by atoms with E-state index in [4.69, 9.17) is 17.3 Å². The van der Waals surface area contributed by atoms with Crippen molar-refractivity contribution in [3.8, 4) is 0 Å². The summed E-state index contributed by atoms with van der Waals surface area (Å²) < 4.78 is 0. The van der Waals surface area contributed by atoms with Gasteiger partial charge in [0.25, 0.3) is 0 Å². The molecule has 1 heterocycles. The minimum Gasteiger partial charge on any atom is -0.326 e. The first-order valence-corrected chi connectivity index (χ1v) is 5.90. The van der Waals surface area contributed by atoms with Crippen LogP contribution in [0.4, 0.5) is 0 Å². The monoisotopic (exact) mass is 217 g/mol. The molecule has 0 saturated heterocycles. The van der Waals surface area contributed by atoms with Crippen LogP contribution in [0.2, 0.25) is 5.02 Å². The zero-order valence-corrected chi connectivity index (χ0v) is 9.71. The van der Waals surface area contributed by atoms with E-state index >= 15 is 0 Å². The Balaban J connectivity index is 2.91. The predicted molar refractivity (Wildman–Crippen MR) is 60.5 cm³/mol. The maximum atomic E-state index is 6.13. The summed E-state index contributed by atoms with van der Waals surface area (Å²) in [5.74, 6) is 0.609. The summed E-state index contributed by atoms with van der Waals surface area (Å²) in [5, 5.41) is 0.902. The van der Waals surface area contributed by atoms with Crippen molar-refractivity contribution in [1.29, 1.82) is 0 Å². The second-order valence-corrected chi connectivity index (χ2v) is 4.72. The molecule has 1 nitrogen and oxygen atoms in total. The van der Waals surface area contributed by atoms with E-state index in [0.717, 1.165) is 17.9 Å². The molecule has 0 amide bonds. The summed E-state index contributed by atoms with van der Waals surface area (Å²) in [6, 6.07) is 2.00. The molecule has 2 N–H and O–H groups in total. The molecule has 13 heavy (non-hydrogen) atoms. The van der Waals surface area contributed by atoms with Gasteiger partial charge in [-0.1, -0.05) is 25.4 Å². The van der Waals surface area contributed by atoms with E-state index in [1.807, 2.05) is 6.07 Å². The lowest BCUT2D eigenvalue weighted by Gasteiger charge is -2.09. The van der Waals surface area contributed by atoms with Crippen molar-refractivity contribution < 1.29 is 0 Å². The molecule has 0 aliphatic heterocycles. The fraction of sp³-hybridized carbons (Fsp3) is 0.600. The Bertz CT molecular complexity index is 266. The zero-order valence-electron chi connectivity index (χ0n) is 8.14. The molecular weight excluding hydrogens is 202 g/mol. The zero-order chi connectivity index (χ0) is 9.84. The third-order valence-electron chi connectivity index (χ3n) is 2.32. The summed E-state index contributed by atoms with van der Waals surface area (Å²) >= 11 is 7.89. The molecule has 0 saturated carbocycles. The molecule has 0 aliphatic carbocycles. The van der Waals surface area contributed by atoms with E-state index in [1.165, 1.54) is 9.75 Å². The Kier molecular flexibility index (Phi) is 4.23. The molecule has 1 rings (SSSR count). The number of rotatable bonds is 4. The molecule has 0 unspecified atom stereocenters. The average Bonchev–Trinajstić information content (AvgIpc) is 2.50. The van der Waals surface area contributed by atoms with Gasteiger partial charge in [0.1, 0.15) is 0 Å². The molecule has 0 bridgehead atoms. The third-order valence-corrected chi connectivity index (χ3v) is 4.07. The van der Waals surface area contributed by atoms with E-state index in [1.54, 1.807) is 11.3 Å². The molecule has 74 valence electrons. The maximum absolute atomic E-state index is 6.13. The highest BCUT2D eigenvalue weighted by Crippen LogP contribution is 2.36. The van der Waals surface area contributed by atoms with E-state index in [2.05, 4.69) is 13.8 Å². The van der Waals surface area contributed by atoms with Gasteiger partial charge in [0.05, 0.1) is 5.02 Å². The fourth-order valence-corrected chi connectivity index (χ4v) is 3.14. The number of nitrogens with two attached hydrogens (primary N) is 1. The number of hydrogen-bond acceptors (Lipinski definition) is 2. The van der Waals surface area contributed by atoms with Crippen molar-refractivity contribution in [2.24, 2.45) is 5.73 Å². The van der Waals surface area contributed by atoms with Crippen LogP contribution in [0, 0.1) is 0 Å². The third kappa shape index (κ3) is 2.46. The topological polar surface area (TPSA) is 26.0 Å². The van der Waals surface area contributed by atoms with Gasteiger partial charge in [-0.2, -0.15) is 0 Å². The largest absolute Gasteiger partial charge is 0.326 e. The van der Waals surface area contributed by atoms with Crippen molar-refractivity contribution in [2.75, 3.05) is 0 Å². The van der Waals surface area contributed by atoms with Gasteiger partial charge < -0.3 is 5.73 Å². The van der Waals surface area contributed by atoms with Crippen LogP contribution in [0.1, 0.15) is 42.4 Å². The smallest absolute Gasteiger partial charge is 0.0551 e. The summed E-state index contributed by atoms with van der Waals surface area (Å²) in [4.78, 5) is 2.50. The first kappa shape index (κ1) is 11.0. The molecule has 1 aromatic heterocycles. The minimum absolute atomic E-state index is 0.602. The minimum atomic E-state index is 0.602. The first-order chi connectivity index (χ1) is 6.22. The van der Waals surface area contributed by atoms with Crippen molar-refractivity contribution >= 4 is 22.9 Å². The van der Waals surface area contributed by atoms with Crippen LogP contribution in [0.3, 0.4) is 0 Å². The molecule has 0 atom stereocenters. The highest BCUT2D eigenvalue weighted by molar-refractivity contribution is 7.12. The molecule has 0 aromatic carbocycles. The standard InChI is InChI=1S/C10H16ClNS/c1-3-7(4-2)10-9(11)5-8(6-12)13-10/h5,7H,3-4,6,12H2,1-2H3. The molecular formula is C10H16ClNS. The summed E-state index contributed by atoms with van der Waals surface area (Å²) in [6.07, 6.45) is 2.31. The second-order valence-electron chi connectivity index (χ2n) is 3.14. The first-order valence-electron chi connectivity index (χ1n) is 4.71. The van der Waals surface area contributed by atoms with Gasteiger partial charge in [0.15, 0.2) is 0 Å².